The Kier molecular flexibility index (Phi) is 4.81. The van der Waals surface area contributed by atoms with E-state index in [9.17, 15) is 0 Å². The van der Waals surface area contributed by atoms with Gasteiger partial charge in [0.05, 0.1) is 24.4 Å². The Morgan fingerprint density at radius 1 is 1.47 bits per heavy atom. The van der Waals surface area contributed by atoms with E-state index in [0.717, 1.165) is 44.3 Å². The Hall–Kier alpha value is -0.650. The highest BCUT2D eigenvalue weighted by Crippen LogP contribution is 2.33. The average Bonchev–Trinajstić information content (AvgIpc) is 2.73. The van der Waals surface area contributed by atoms with Crippen LogP contribution < -0.4 is 10.2 Å². The average molecular weight is 283 g/mol. The molecule has 1 fully saturated rings. The zero-order chi connectivity index (χ0) is 13.9. The van der Waals surface area contributed by atoms with Gasteiger partial charge in [-0.3, -0.25) is 0 Å². The van der Waals surface area contributed by atoms with Crippen LogP contribution in [0.2, 0.25) is 0 Å². The molecule has 108 valence electrons. The highest BCUT2D eigenvalue weighted by Gasteiger charge is 2.33. The number of rotatable bonds is 5. The predicted molar refractivity (Wildman–Crippen MR) is 81.1 cm³/mol. The van der Waals surface area contributed by atoms with Crippen LogP contribution in [-0.2, 0) is 17.7 Å². The van der Waals surface area contributed by atoms with Crippen LogP contribution in [0.4, 0.5) is 5.13 Å². The lowest BCUT2D eigenvalue weighted by atomic mass is 10.0. The van der Waals surface area contributed by atoms with Gasteiger partial charge in [0.2, 0.25) is 0 Å². The van der Waals surface area contributed by atoms with E-state index in [4.69, 9.17) is 9.72 Å². The molecule has 1 aliphatic heterocycles. The first-order valence-corrected chi connectivity index (χ1v) is 7.88. The first-order chi connectivity index (χ1) is 9.08. The van der Waals surface area contributed by atoms with Crippen molar-refractivity contribution in [2.75, 3.05) is 31.7 Å². The molecule has 19 heavy (non-hydrogen) atoms. The Morgan fingerprint density at radius 2 is 2.26 bits per heavy atom. The number of nitrogens with zero attached hydrogens (tertiary/aromatic N) is 2. The van der Waals surface area contributed by atoms with Gasteiger partial charge in [0.15, 0.2) is 5.13 Å². The minimum absolute atomic E-state index is 0.0382. The van der Waals surface area contributed by atoms with E-state index in [1.807, 2.05) is 18.4 Å². The lowest BCUT2D eigenvalue weighted by Gasteiger charge is -2.42. The monoisotopic (exact) mass is 283 g/mol. The topological polar surface area (TPSA) is 37.4 Å². The molecule has 2 heterocycles. The van der Waals surface area contributed by atoms with Crippen molar-refractivity contribution in [2.45, 2.75) is 45.7 Å². The van der Waals surface area contributed by atoms with Crippen LogP contribution in [-0.4, -0.2) is 37.3 Å². The van der Waals surface area contributed by atoms with Gasteiger partial charge < -0.3 is 15.0 Å². The number of anilines is 1. The second kappa shape index (κ2) is 6.20. The summed E-state index contributed by atoms with van der Waals surface area (Å²) in [5.41, 5.74) is 1.30. The molecule has 4 nitrogen and oxygen atoms in total. The summed E-state index contributed by atoms with van der Waals surface area (Å²) in [6.07, 6.45) is 2.21. The molecule has 1 saturated heterocycles. The van der Waals surface area contributed by atoms with Gasteiger partial charge in [0.1, 0.15) is 0 Å². The molecule has 0 spiro atoms. The van der Waals surface area contributed by atoms with Gasteiger partial charge in [-0.2, -0.15) is 0 Å². The van der Waals surface area contributed by atoms with Gasteiger partial charge in [-0.05, 0) is 27.3 Å². The first-order valence-electron chi connectivity index (χ1n) is 7.07. The smallest absolute Gasteiger partial charge is 0.186 e. The quantitative estimate of drug-likeness (QED) is 0.900. The Morgan fingerprint density at radius 3 is 2.89 bits per heavy atom. The van der Waals surface area contributed by atoms with Crippen LogP contribution in [0.1, 0.15) is 37.8 Å². The van der Waals surface area contributed by atoms with Crippen molar-refractivity contribution in [3.8, 4) is 0 Å². The molecule has 1 aliphatic rings. The Labute approximate surface area is 120 Å². The molecular formula is C14H25N3OS. The summed E-state index contributed by atoms with van der Waals surface area (Å²) in [7, 11) is 1.99. The molecule has 0 aromatic carbocycles. The Balaban J connectivity index is 2.25. The molecule has 2 rings (SSSR count). The summed E-state index contributed by atoms with van der Waals surface area (Å²) in [6.45, 7) is 10.1. The van der Waals surface area contributed by atoms with Gasteiger partial charge in [-0.1, -0.05) is 13.3 Å². The maximum atomic E-state index is 5.59. The van der Waals surface area contributed by atoms with Crippen LogP contribution in [0.15, 0.2) is 0 Å². The summed E-state index contributed by atoms with van der Waals surface area (Å²) >= 11 is 1.83. The lowest BCUT2D eigenvalue weighted by molar-refractivity contribution is 0.0643. The number of hydrogen-bond donors (Lipinski definition) is 1. The van der Waals surface area contributed by atoms with E-state index < -0.39 is 0 Å². The zero-order valence-corrected chi connectivity index (χ0v) is 13.3. The first kappa shape index (κ1) is 14.8. The molecule has 5 heteroatoms. The molecule has 0 bridgehead atoms. The maximum absolute atomic E-state index is 5.59. The molecule has 0 unspecified atom stereocenters. The predicted octanol–water partition coefficient (Wildman–Crippen LogP) is 2.43. The molecule has 0 aliphatic carbocycles. The third kappa shape index (κ3) is 3.27. The van der Waals surface area contributed by atoms with Crippen molar-refractivity contribution in [1.29, 1.82) is 0 Å². The number of aryl methyl sites for hydroxylation is 1. The van der Waals surface area contributed by atoms with Crippen molar-refractivity contribution in [1.82, 2.24) is 10.3 Å². The highest BCUT2D eigenvalue weighted by molar-refractivity contribution is 7.15. The minimum atomic E-state index is 0.0382. The fourth-order valence-electron chi connectivity index (χ4n) is 2.43. The van der Waals surface area contributed by atoms with Crippen molar-refractivity contribution < 1.29 is 4.74 Å². The van der Waals surface area contributed by atoms with Gasteiger partial charge in [-0.15, -0.1) is 11.3 Å². The summed E-state index contributed by atoms with van der Waals surface area (Å²) < 4.78 is 5.59. The highest BCUT2D eigenvalue weighted by atomic mass is 32.1. The summed E-state index contributed by atoms with van der Waals surface area (Å²) in [6, 6.07) is 0. The third-order valence-electron chi connectivity index (χ3n) is 3.47. The maximum Gasteiger partial charge on any atom is 0.186 e. The van der Waals surface area contributed by atoms with E-state index in [2.05, 4.69) is 31.0 Å². The lowest BCUT2D eigenvalue weighted by Crippen LogP contribution is -2.53. The van der Waals surface area contributed by atoms with Crippen LogP contribution in [0, 0.1) is 0 Å². The Bertz CT molecular complexity index is 393. The van der Waals surface area contributed by atoms with E-state index in [0.29, 0.717) is 0 Å². The van der Waals surface area contributed by atoms with Gasteiger partial charge in [0.25, 0.3) is 0 Å². The van der Waals surface area contributed by atoms with Crippen molar-refractivity contribution in [2.24, 2.45) is 0 Å². The van der Waals surface area contributed by atoms with Gasteiger partial charge in [0, 0.05) is 18.0 Å². The summed E-state index contributed by atoms with van der Waals surface area (Å²) in [5.74, 6) is 0. The molecule has 1 aromatic rings. The van der Waals surface area contributed by atoms with E-state index in [1.165, 1.54) is 10.6 Å². The normalized spacial score (nSPS) is 18.8. The number of thiazole rings is 1. The van der Waals surface area contributed by atoms with E-state index in [1.54, 1.807) is 0 Å². The van der Waals surface area contributed by atoms with E-state index >= 15 is 0 Å². The standard InChI is InChI=1S/C14H25N3OS/c1-5-6-11-12(9-15-4)19-13(16-11)17-7-8-18-10-14(17,2)3/h15H,5-10H2,1-4H3. The zero-order valence-electron chi connectivity index (χ0n) is 12.5. The van der Waals surface area contributed by atoms with Gasteiger partial charge >= 0.3 is 0 Å². The largest absolute Gasteiger partial charge is 0.377 e. The minimum Gasteiger partial charge on any atom is -0.377 e. The van der Waals surface area contributed by atoms with Crippen LogP contribution in [0.25, 0.3) is 0 Å². The molecule has 1 aromatic heterocycles. The molecule has 0 amide bonds. The van der Waals surface area contributed by atoms with Crippen LogP contribution in [0.5, 0.6) is 0 Å². The molecule has 1 N–H and O–H groups in total. The summed E-state index contributed by atoms with van der Waals surface area (Å²) in [5, 5.41) is 4.40. The molecule has 0 atom stereocenters. The SMILES string of the molecule is CCCc1nc(N2CCOCC2(C)C)sc1CNC. The molecular weight excluding hydrogens is 258 g/mol. The third-order valence-corrected chi connectivity index (χ3v) is 4.59. The fourth-order valence-corrected chi connectivity index (χ4v) is 3.74. The van der Waals surface area contributed by atoms with Crippen molar-refractivity contribution in [3.63, 3.8) is 0 Å². The number of hydrogen-bond acceptors (Lipinski definition) is 5. The van der Waals surface area contributed by atoms with Crippen LogP contribution >= 0.6 is 11.3 Å². The van der Waals surface area contributed by atoms with E-state index in [-0.39, 0.29) is 5.54 Å². The van der Waals surface area contributed by atoms with Gasteiger partial charge in [-0.25, -0.2) is 4.98 Å². The number of aromatic nitrogens is 1. The number of morpholine rings is 1. The fraction of sp³-hybridized carbons (Fsp3) is 0.786. The second-order valence-corrected chi connectivity index (χ2v) is 6.73. The van der Waals surface area contributed by atoms with Crippen molar-refractivity contribution >= 4 is 16.5 Å². The van der Waals surface area contributed by atoms with Crippen LogP contribution in [0.3, 0.4) is 0 Å². The molecule has 0 saturated carbocycles. The summed E-state index contributed by atoms with van der Waals surface area (Å²) in [4.78, 5) is 8.67. The van der Waals surface area contributed by atoms with Crippen molar-refractivity contribution in [3.05, 3.63) is 10.6 Å². The number of ether oxygens (including phenoxy) is 1. The number of nitrogens with one attached hydrogen (secondary N) is 1. The second-order valence-electron chi connectivity index (χ2n) is 5.66. The molecule has 0 radical (unpaired) electrons.